The summed E-state index contributed by atoms with van der Waals surface area (Å²) >= 11 is 12.2. The molecule has 9 heteroatoms. The van der Waals surface area contributed by atoms with Gasteiger partial charge in [0.15, 0.2) is 0 Å². The number of nitrogens with zero attached hydrogens (tertiary/aromatic N) is 2. The monoisotopic (exact) mass is 448 g/mol. The number of fused-ring (bicyclic) bond motifs is 1. The van der Waals surface area contributed by atoms with Gasteiger partial charge in [-0.15, -0.1) is 0 Å². The molecule has 2 aromatic rings. The summed E-state index contributed by atoms with van der Waals surface area (Å²) < 4.78 is 0. The zero-order chi connectivity index (χ0) is 21.5. The van der Waals surface area contributed by atoms with Gasteiger partial charge in [-0.3, -0.25) is 9.69 Å². The fraction of sp³-hybridized carbons (Fsp3) is 0.381. The van der Waals surface area contributed by atoms with Gasteiger partial charge in [-0.2, -0.15) is 0 Å². The maximum Gasteiger partial charge on any atom is 0.489 e. The van der Waals surface area contributed by atoms with Crippen LogP contribution in [0.25, 0.3) is 0 Å². The summed E-state index contributed by atoms with van der Waals surface area (Å²) in [5.41, 5.74) is 0.313. The number of hydrogen-bond donors (Lipinski definition) is 3. The van der Waals surface area contributed by atoms with E-state index in [4.69, 9.17) is 23.2 Å². The smallest absolute Gasteiger partial charge is 0.423 e. The van der Waals surface area contributed by atoms with Gasteiger partial charge in [0.1, 0.15) is 5.60 Å². The van der Waals surface area contributed by atoms with Gasteiger partial charge < -0.3 is 20.1 Å². The van der Waals surface area contributed by atoms with E-state index < -0.39 is 12.7 Å². The third-order valence-electron chi connectivity index (χ3n) is 6.17. The van der Waals surface area contributed by atoms with Crippen LogP contribution in [0.5, 0.6) is 0 Å². The van der Waals surface area contributed by atoms with Crippen LogP contribution in [0.3, 0.4) is 0 Å². The standard InChI is InChI=1S/C21H23BCl2N2O4/c23-15-6-4-14(5-7-15)21(28)9-8-16-12-25(10-11-26(16)13-21)20(27)17-2-1-3-18(19(17)24)22(29)30/h1-7,16,28-30H,8-13H2/t16-,21-/m1/s1. The lowest BCUT2D eigenvalue weighted by molar-refractivity contribution is -0.0740. The van der Waals surface area contributed by atoms with Crippen molar-refractivity contribution in [3.63, 3.8) is 0 Å². The van der Waals surface area contributed by atoms with Crippen LogP contribution in [-0.2, 0) is 5.60 Å². The van der Waals surface area contributed by atoms with E-state index in [1.165, 1.54) is 6.07 Å². The fourth-order valence-electron chi connectivity index (χ4n) is 4.46. The Kier molecular flexibility index (Phi) is 6.12. The van der Waals surface area contributed by atoms with Crippen LogP contribution in [0.4, 0.5) is 0 Å². The van der Waals surface area contributed by atoms with Crippen LogP contribution >= 0.6 is 23.2 Å². The van der Waals surface area contributed by atoms with Gasteiger partial charge in [-0.25, -0.2) is 0 Å². The minimum absolute atomic E-state index is 0.0701. The Morgan fingerprint density at radius 3 is 2.53 bits per heavy atom. The van der Waals surface area contributed by atoms with Gasteiger partial charge in [-0.1, -0.05) is 47.5 Å². The highest BCUT2D eigenvalue weighted by Gasteiger charge is 2.42. The molecule has 0 aliphatic carbocycles. The molecule has 4 rings (SSSR count). The van der Waals surface area contributed by atoms with Gasteiger partial charge >= 0.3 is 7.12 Å². The summed E-state index contributed by atoms with van der Waals surface area (Å²) in [5, 5.41) is 30.8. The molecule has 3 N–H and O–H groups in total. The Morgan fingerprint density at radius 2 is 1.83 bits per heavy atom. The number of aliphatic hydroxyl groups is 1. The number of halogens is 2. The minimum Gasteiger partial charge on any atom is -0.423 e. The van der Waals surface area contributed by atoms with E-state index in [1.807, 2.05) is 12.1 Å². The lowest BCUT2D eigenvalue weighted by atomic mass is 9.79. The first-order chi connectivity index (χ1) is 14.3. The topological polar surface area (TPSA) is 84.2 Å². The summed E-state index contributed by atoms with van der Waals surface area (Å²) in [6.45, 7) is 2.20. The van der Waals surface area contributed by atoms with Crippen molar-refractivity contribution in [3.8, 4) is 0 Å². The van der Waals surface area contributed by atoms with Gasteiger partial charge in [0.05, 0.1) is 10.6 Å². The molecule has 0 aromatic heterocycles. The third kappa shape index (κ3) is 4.10. The highest BCUT2D eigenvalue weighted by Crippen LogP contribution is 2.36. The normalized spacial score (nSPS) is 24.4. The largest absolute Gasteiger partial charge is 0.489 e. The van der Waals surface area contributed by atoms with Gasteiger partial charge in [0.25, 0.3) is 5.91 Å². The number of hydrogen-bond acceptors (Lipinski definition) is 5. The second kappa shape index (κ2) is 8.50. The second-order valence-electron chi connectivity index (χ2n) is 8.04. The van der Waals surface area contributed by atoms with Crippen LogP contribution in [0.2, 0.25) is 10.0 Å². The first-order valence-electron chi connectivity index (χ1n) is 9.95. The number of carbonyl (C=O) groups is 1. The van der Waals surface area contributed by atoms with E-state index in [-0.39, 0.29) is 28.0 Å². The molecule has 2 fully saturated rings. The van der Waals surface area contributed by atoms with Crippen LogP contribution in [0.1, 0.15) is 28.8 Å². The Labute approximate surface area is 185 Å². The van der Waals surface area contributed by atoms with Crippen molar-refractivity contribution in [1.82, 2.24) is 9.80 Å². The second-order valence-corrected chi connectivity index (χ2v) is 8.85. The summed E-state index contributed by atoms with van der Waals surface area (Å²) in [4.78, 5) is 17.0. The van der Waals surface area contributed by atoms with Crippen molar-refractivity contribution in [1.29, 1.82) is 0 Å². The van der Waals surface area contributed by atoms with E-state index in [0.29, 0.717) is 37.6 Å². The van der Waals surface area contributed by atoms with Crippen molar-refractivity contribution in [2.24, 2.45) is 0 Å². The van der Waals surface area contributed by atoms with Crippen molar-refractivity contribution in [3.05, 3.63) is 63.6 Å². The quantitative estimate of drug-likeness (QED) is 0.619. The molecule has 0 bridgehead atoms. The molecule has 0 spiro atoms. The molecule has 2 aliphatic heterocycles. The first kappa shape index (κ1) is 21.6. The van der Waals surface area contributed by atoms with E-state index >= 15 is 0 Å². The predicted octanol–water partition coefficient (Wildman–Crippen LogP) is 1.48. The van der Waals surface area contributed by atoms with Crippen LogP contribution in [-0.4, -0.2) is 70.2 Å². The third-order valence-corrected chi connectivity index (χ3v) is 6.84. The molecule has 1 amide bonds. The zero-order valence-electron chi connectivity index (χ0n) is 16.3. The first-order valence-corrected chi connectivity index (χ1v) is 10.7. The van der Waals surface area contributed by atoms with Crippen molar-refractivity contribution in [2.75, 3.05) is 26.2 Å². The fourth-order valence-corrected chi connectivity index (χ4v) is 4.89. The Hall–Kier alpha value is -1.61. The number of benzene rings is 2. The zero-order valence-corrected chi connectivity index (χ0v) is 17.9. The lowest BCUT2D eigenvalue weighted by Gasteiger charge is -2.49. The summed E-state index contributed by atoms with van der Waals surface area (Å²) in [7, 11) is -1.73. The Balaban J connectivity index is 1.46. The molecule has 2 aliphatic rings. The maximum atomic E-state index is 13.0. The molecule has 0 saturated carbocycles. The van der Waals surface area contributed by atoms with E-state index in [0.717, 1.165) is 12.0 Å². The number of piperidine rings is 1. The average molecular weight is 449 g/mol. The van der Waals surface area contributed by atoms with Crippen molar-refractivity contribution in [2.45, 2.75) is 24.5 Å². The van der Waals surface area contributed by atoms with Gasteiger partial charge in [-0.05, 0) is 36.6 Å². The number of rotatable bonds is 3. The molecule has 0 radical (unpaired) electrons. The van der Waals surface area contributed by atoms with E-state index in [1.54, 1.807) is 29.2 Å². The minimum atomic E-state index is -1.73. The molecule has 2 atom stereocenters. The molecular formula is C21H23BCl2N2O4. The summed E-state index contributed by atoms with van der Waals surface area (Å²) in [6, 6.07) is 12.2. The van der Waals surface area contributed by atoms with E-state index in [2.05, 4.69) is 4.90 Å². The molecule has 2 heterocycles. The van der Waals surface area contributed by atoms with Crippen LogP contribution in [0.15, 0.2) is 42.5 Å². The van der Waals surface area contributed by atoms with Crippen molar-refractivity contribution < 1.29 is 19.9 Å². The summed E-state index contributed by atoms with van der Waals surface area (Å²) in [5.74, 6) is -0.222. The van der Waals surface area contributed by atoms with E-state index in [9.17, 15) is 19.9 Å². The average Bonchev–Trinajstić information content (AvgIpc) is 2.73. The number of carbonyl (C=O) groups excluding carboxylic acids is 1. The van der Waals surface area contributed by atoms with Gasteiger partial charge in [0, 0.05) is 42.7 Å². The Morgan fingerprint density at radius 1 is 1.10 bits per heavy atom. The molecule has 2 saturated heterocycles. The molecule has 0 unspecified atom stereocenters. The SMILES string of the molecule is O=C(c1cccc(B(O)O)c1Cl)N1CCN2C[C@@](O)(c3ccc(Cl)cc3)CC[C@@H]2C1. The molecule has 2 aromatic carbocycles. The van der Waals surface area contributed by atoms with Crippen molar-refractivity contribution >= 4 is 41.7 Å². The summed E-state index contributed by atoms with van der Waals surface area (Å²) in [6.07, 6.45) is 1.36. The lowest BCUT2D eigenvalue weighted by Crippen LogP contribution is -2.60. The number of amides is 1. The van der Waals surface area contributed by atoms with Crippen LogP contribution < -0.4 is 5.46 Å². The highest BCUT2D eigenvalue weighted by atomic mass is 35.5. The molecular weight excluding hydrogens is 426 g/mol. The Bertz CT molecular complexity index is 943. The highest BCUT2D eigenvalue weighted by molar-refractivity contribution is 6.63. The molecule has 158 valence electrons. The predicted molar refractivity (Wildman–Crippen MR) is 117 cm³/mol. The molecule has 6 nitrogen and oxygen atoms in total. The molecule has 30 heavy (non-hydrogen) atoms. The maximum absolute atomic E-state index is 13.0. The number of piperazine rings is 1. The van der Waals surface area contributed by atoms with Crippen LogP contribution in [0, 0.1) is 0 Å². The van der Waals surface area contributed by atoms with Gasteiger partial charge in [0.2, 0.25) is 0 Å².